The summed E-state index contributed by atoms with van der Waals surface area (Å²) < 4.78 is 5.42. The number of hydrogen-bond acceptors (Lipinski definition) is 3. The van der Waals surface area contributed by atoms with Crippen LogP contribution in [0, 0.1) is 5.41 Å². The lowest BCUT2D eigenvalue weighted by atomic mass is 9.78. The van der Waals surface area contributed by atoms with E-state index in [-0.39, 0.29) is 5.41 Å². The Morgan fingerprint density at radius 2 is 2.26 bits per heavy atom. The first-order valence-corrected chi connectivity index (χ1v) is 7.09. The molecule has 0 saturated carbocycles. The maximum absolute atomic E-state index is 5.42. The highest BCUT2D eigenvalue weighted by atomic mass is 16.5. The normalized spacial score (nSPS) is 37.8. The van der Waals surface area contributed by atoms with Crippen molar-refractivity contribution < 1.29 is 4.74 Å². The van der Waals surface area contributed by atoms with Gasteiger partial charge in [0.2, 0.25) is 0 Å². The van der Waals surface area contributed by atoms with Gasteiger partial charge in [-0.2, -0.15) is 0 Å². The minimum absolute atomic E-state index is 0.0978. The minimum Gasteiger partial charge on any atom is -0.497 e. The van der Waals surface area contributed by atoms with E-state index in [0.717, 1.165) is 31.8 Å². The van der Waals surface area contributed by atoms with Crippen LogP contribution in [-0.2, 0) is 4.74 Å². The zero-order chi connectivity index (χ0) is 14.0. The Hall–Kier alpha value is -1.06. The van der Waals surface area contributed by atoms with Crippen LogP contribution in [0.3, 0.4) is 0 Å². The lowest BCUT2D eigenvalue weighted by Gasteiger charge is -2.41. The molecule has 0 N–H and O–H groups in total. The third-order valence-corrected chi connectivity index (χ3v) is 4.62. The standard InChI is InChI=1S/C16H26N2O/c1-6-18-11-9-16(3)13(2)12-14(19-5)8-7-10-17(4)15(16)18/h7-8,12,15H,2,6,9-11H2,1,3-5H3/b8-7-,14-12+. The summed E-state index contributed by atoms with van der Waals surface area (Å²) in [4.78, 5) is 4.97. The van der Waals surface area contributed by atoms with Crippen molar-refractivity contribution >= 4 is 0 Å². The largest absolute Gasteiger partial charge is 0.497 e. The monoisotopic (exact) mass is 262 g/mol. The van der Waals surface area contributed by atoms with Crippen LogP contribution in [0.4, 0.5) is 0 Å². The third-order valence-electron chi connectivity index (χ3n) is 4.62. The van der Waals surface area contributed by atoms with Crippen LogP contribution in [0.2, 0.25) is 0 Å². The first kappa shape index (κ1) is 14.4. The molecule has 1 saturated heterocycles. The molecular weight excluding hydrogens is 236 g/mol. The summed E-state index contributed by atoms with van der Waals surface area (Å²) in [6, 6.07) is 0. The fraction of sp³-hybridized carbons (Fsp3) is 0.625. The molecule has 0 bridgehead atoms. The highest BCUT2D eigenvalue weighted by Crippen LogP contribution is 2.44. The van der Waals surface area contributed by atoms with Gasteiger partial charge in [0.25, 0.3) is 0 Å². The van der Waals surface area contributed by atoms with Crippen LogP contribution in [0.25, 0.3) is 0 Å². The lowest BCUT2D eigenvalue weighted by Crippen LogP contribution is -2.50. The van der Waals surface area contributed by atoms with E-state index in [4.69, 9.17) is 4.74 Å². The molecule has 0 aromatic carbocycles. The van der Waals surface area contributed by atoms with Gasteiger partial charge in [0.05, 0.1) is 13.3 Å². The number of fused-ring (bicyclic) bond motifs is 1. The van der Waals surface area contributed by atoms with Gasteiger partial charge in [0, 0.05) is 18.5 Å². The van der Waals surface area contributed by atoms with E-state index < -0.39 is 0 Å². The maximum atomic E-state index is 5.42. The van der Waals surface area contributed by atoms with Crippen molar-refractivity contribution in [1.29, 1.82) is 0 Å². The molecule has 0 aliphatic carbocycles. The van der Waals surface area contributed by atoms with Gasteiger partial charge in [-0.25, -0.2) is 0 Å². The first-order chi connectivity index (χ1) is 9.02. The molecule has 19 heavy (non-hydrogen) atoms. The Kier molecular flexibility index (Phi) is 4.16. The molecule has 0 aromatic heterocycles. The van der Waals surface area contributed by atoms with Crippen LogP contribution >= 0.6 is 0 Å². The van der Waals surface area contributed by atoms with E-state index in [1.807, 2.05) is 6.08 Å². The smallest absolute Gasteiger partial charge is 0.118 e. The molecule has 3 nitrogen and oxygen atoms in total. The van der Waals surface area contributed by atoms with Crippen molar-refractivity contribution in [3.8, 4) is 0 Å². The summed E-state index contributed by atoms with van der Waals surface area (Å²) in [5.41, 5.74) is 1.27. The van der Waals surface area contributed by atoms with Crippen LogP contribution in [0.5, 0.6) is 0 Å². The Bertz CT molecular complexity index is 413. The number of hydrogen-bond donors (Lipinski definition) is 0. The quantitative estimate of drug-likeness (QED) is 0.761. The highest BCUT2D eigenvalue weighted by Gasteiger charge is 2.46. The Balaban J connectivity index is 2.41. The predicted molar refractivity (Wildman–Crippen MR) is 79.8 cm³/mol. The lowest BCUT2D eigenvalue weighted by molar-refractivity contribution is 0.0556. The molecule has 2 unspecified atom stereocenters. The van der Waals surface area contributed by atoms with E-state index in [9.17, 15) is 0 Å². The fourth-order valence-corrected chi connectivity index (χ4v) is 3.40. The van der Waals surface area contributed by atoms with Gasteiger partial charge in [0.15, 0.2) is 0 Å². The Morgan fingerprint density at radius 3 is 2.89 bits per heavy atom. The van der Waals surface area contributed by atoms with Crippen LogP contribution in [0.1, 0.15) is 20.3 Å². The molecule has 1 fully saturated rings. The molecule has 0 amide bonds. The second kappa shape index (κ2) is 5.51. The van der Waals surface area contributed by atoms with Gasteiger partial charge in [-0.15, -0.1) is 0 Å². The van der Waals surface area contributed by atoms with Gasteiger partial charge < -0.3 is 4.74 Å². The van der Waals surface area contributed by atoms with E-state index in [2.05, 4.69) is 49.4 Å². The van der Waals surface area contributed by atoms with Crippen molar-refractivity contribution in [3.05, 3.63) is 36.1 Å². The van der Waals surface area contributed by atoms with Crippen molar-refractivity contribution in [2.45, 2.75) is 26.4 Å². The topological polar surface area (TPSA) is 15.7 Å². The number of likely N-dealkylation sites (N-methyl/N-ethyl adjacent to an activating group) is 1. The summed E-state index contributed by atoms with van der Waals surface area (Å²) in [7, 11) is 3.92. The number of allylic oxidation sites excluding steroid dienone is 2. The van der Waals surface area contributed by atoms with Crippen molar-refractivity contribution in [3.63, 3.8) is 0 Å². The Labute approximate surface area is 117 Å². The van der Waals surface area contributed by atoms with Crippen LogP contribution in [-0.4, -0.2) is 49.8 Å². The van der Waals surface area contributed by atoms with Gasteiger partial charge in [-0.05, 0) is 37.7 Å². The van der Waals surface area contributed by atoms with Crippen molar-refractivity contribution in [2.24, 2.45) is 5.41 Å². The van der Waals surface area contributed by atoms with Crippen molar-refractivity contribution in [2.75, 3.05) is 33.8 Å². The Morgan fingerprint density at radius 1 is 1.53 bits per heavy atom. The molecule has 2 heterocycles. The number of methoxy groups -OCH3 is 1. The van der Waals surface area contributed by atoms with Gasteiger partial charge in [-0.3, -0.25) is 9.80 Å². The zero-order valence-electron chi connectivity index (χ0n) is 12.6. The fourth-order valence-electron chi connectivity index (χ4n) is 3.40. The highest BCUT2D eigenvalue weighted by molar-refractivity contribution is 5.33. The molecule has 0 aromatic rings. The second-order valence-corrected chi connectivity index (χ2v) is 5.79. The molecule has 3 heteroatoms. The molecule has 2 aliphatic heterocycles. The second-order valence-electron chi connectivity index (χ2n) is 5.79. The predicted octanol–water partition coefficient (Wildman–Crippen LogP) is 2.63. The summed E-state index contributed by atoms with van der Waals surface area (Å²) in [5, 5.41) is 0. The summed E-state index contributed by atoms with van der Waals surface area (Å²) >= 11 is 0. The molecule has 2 atom stereocenters. The van der Waals surface area contributed by atoms with Gasteiger partial charge in [-0.1, -0.05) is 26.5 Å². The van der Waals surface area contributed by atoms with E-state index in [1.165, 1.54) is 5.57 Å². The van der Waals surface area contributed by atoms with Crippen molar-refractivity contribution in [1.82, 2.24) is 9.80 Å². The third kappa shape index (κ3) is 2.49. The number of rotatable bonds is 2. The molecule has 0 radical (unpaired) electrons. The number of ether oxygens (including phenoxy) is 1. The first-order valence-electron chi connectivity index (χ1n) is 7.09. The summed E-state index contributed by atoms with van der Waals surface area (Å²) in [6.45, 7) is 12.1. The van der Waals surface area contributed by atoms with Crippen LogP contribution < -0.4 is 0 Å². The van der Waals surface area contributed by atoms with Gasteiger partial charge in [0.1, 0.15) is 5.76 Å². The average molecular weight is 262 g/mol. The minimum atomic E-state index is 0.0978. The van der Waals surface area contributed by atoms with E-state index >= 15 is 0 Å². The van der Waals surface area contributed by atoms with Crippen LogP contribution in [0.15, 0.2) is 36.1 Å². The average Bonchev–Trinajstić information content (AvgIpc) is 2.75. The maximum Gasteiger partial charge on any atom is 0.118 e. The van der Waals surface area contributed by atoms with Gasteiger partial charge >= 0.3 is 0 Å². The number of nitrogens with zero attached hydrogens (tertiary/aromatic N) is 2. The molecule has 2 rings (SSSR count). The summed E-state index contributed by atoms with van der Waals surface area (Å²) in [5.74, 6) is 0.898. The van der Waals surface area contributed by atoms with E-state index in [0.29, 0.717) is 6.17 Å². The number of likely N-dealkylation sites (tertiary alicyclic amines) is 1. The molecule has 0 spiro atoms. The molecular formula is C16H26N2O. The summed E-state index contributed by atoms with van der Waals surface area (Å²) in [6.07, 6.45) is 7.88. The van der Waals surface area contributed by atoms with E-state index in [1.54, 1.807) is 7.11 Å². The zero-order valence-corrected chi connectivity index (χ0v) is 12.6. The molecule has 106 valence electrons. The molecule has 2 aliphatic rings. The SMILES string of the molecule is C=C1/C=C(OC)\C=C/CN(C)C2N(CC)CCC12C.